The van der Waals surface area contributed by atoms with Gasteiger partial charge >= 0.3 is 25.7 Å². The quantitative estimate of drug-likeness (QED) is 0.0197. The Morgan fingerprint density at radius 2 is 0.675 bits per heavy atom. The summed E-state index contributed by atoms with van der Waals surface area (Å²) in [6.45, 7) is 4.28. The minimum absolute atomic E-state index is 0.0328. The first-order chi connectivity index (χ1) is 39.2. The van der Waals surface area contributed by atoms with Crippen LogP contribution in [0.25, 0.3) is 0 Å². The molecule has 0 bridgehead atoms. The number of carbonyl (C=O) groups excluding carboxylic acids is 3. The number of carbonyl (C=O) groups is 3. The van der Waals surface area contributed by atoms with Crippen LogP contribution in [-0.4, -0.2) is 66.5 Å². The summed E-state index contributed by atoms with van der Waals surface area (Å²) in [4.78, 5) is 48.6. The molecule has 2 N–H and O–H groups in total. The fourth-order valence-corrected chi connectivity index (χ4v) is 8.73. The lowest BCUT2D eigenvalue weighted by atomic mass is 10.0. The van der Waals surface area contributed by atoms with Gasteiger partial charge in [0, 0.05) is 19.3 Å². The number of phosphoric ester groups is 1. The van der Waals surface area contributed by atoms with Crippen LogP contribution < -0.4 is 0 Å². The Hall–Kier alpha value is -4.38. The summed E-state index contributed by atoms with van der Waals surface area (Å²) in [6.07, 6.45) is 77.2. The van der Waals surface area contributed by atoms with Crippen molar-refractivity contribution in [2.24, 2.45) is 0 Å². The molecule has 11 nitrogen and oxygen atoms in total. The Morgan fingerprint density at radius 1 is 0.362 bits per heavy atom. The van der Waals surface area contributed by atoms with Crippen molar-refractivity contribution in [3.63, 3.8) is 0 Å². The van der Waals surface area contributed by atoms with Gasteiger partial charge in [-0.2, -0.15) is 0 Å². The van der Waals surface area contributed by atoms with Gasteiger partial charge < -0.3 is 24.2 Å². The van der Waals surface area contributed by atoms with E-state index in [0.717, 1.165) is 83.5 Å². The minimum Gasteiger partial charge on any atom is -0.462 e. The Bertz CT molecular complexity index is 1850. The number of phosphoric acid groups is 1. The zero-order chi connectivity index (χ0) is 58.3. The minimum atomic E-state index is -4.80. The SMILES string of the molecule is CC/C=C\C/C=C\C/C=C\C/C=C\C/C=C\C/C=C\CCC(=O)OC(COC(=O)CCCCCCCCCCCCCCCCCCC)COP(=O)(O)OCC(CO)OC(=O)CCC/C=C\C/C=C\C/C=C\C/C=C\C/C=C\CC. The lowest BCUT2D eigenvalue weighted by Gasteiger charge is -2.21. The second kappa shape index (κ2) is 60.7. The lowest BCUT2D eigenvalue weighted by molar-refractivity contribution is -0.161. The molecule has 0 aliphatic carbocycles. The molecular weight excluding hydrogens is 1020 g/mol. The van der Waals surface area contributed by atoms with Crippen molar-refractivity contribution >= 4 is 25.7 Å². The smallest absolute Gasteiger partial charge is 0.462 e. The van der Waals surface area contributed by atoms with Crippen molar-refractivity contribution in [1.29, 1.82) is 0 Å². The summed E-state index contributed by atoms with van der Waals surface area (Å²) in [5, 5.41) is 9.83. The molecule has 0 amide bonds. The first kappa shape index (κ1) is 75.6. The van der Waals surface area contributed by atoms with Crippen molar-refractivity contribution in [3.05, 3.63) is 134 Å². The standard InChI is InChI=1S/C68H111O11P/c1-4-7-10-13-16-19-22-25-28-31-32-35-38-41-44-47-50-53-56-59-68(72)79-65(61-75-66(70)57-54-51-48-45-42-39-36-33-29-26-23-20-17-14-11-8-5-2)63-77-80(73,74)76-62-64(60-69)78-67(71)58-55-52-49-46-43-40-37-34-30-27-24-21-18-15-12-9-6-3/h7,9-10,12,16,18-19,21,25,27-28,30,32,35,37,40-41,44,46,49-50,53,64-65,69H,4-6,8,11,13-15,17,20,22-24,26,29,31,33-34,36,38-39,42-43,45,47-48,51-52,54-63H2,1-3H3,(H,73,74)/b10-7-,12-9-,19-16-,21-18-,28-25-,30-27-,35-32-,40-37-,44-41-,49-46-,53-50-. The van der Waals surface area contributed by atoms with Gasteiger partial charge in [0.25, 0.3) is 0 Å². The predicted octanol–water partition coefficient (Wildman–Crippen LogP) is 18.9. The normalized spacial score (nSPS) is 14.2. The van der Waals surface area contributed by atoms with E-state index in [1.54, 1.807) is 0 Å². The lowest BCUT2D eigenvalue weighted by Crippen LogP contribution is -2.30. The van der Waals surface area contributed by atoms with Gasteiger partial charge in [-0.05, 0) is 96.3 Å². The summed E-state index contributed by atoms with van der Waals surface area (Å²) < 4.78 is 39.5. The molecule has 0 heterocycles. The Morgan fingerprint density at radius 3 is 1.06 bits per heavy atom. The number of hydrogen-bond donors (Lipinski definition) is 2. The van der Waals surface area contributed by atoms with Crippen LogP contribution in [0, 0.1) is 0 Å². The van der Waals surface area contributed by atoms with E-state index >= 15 is 0 Å². The first-order valence-corrected chi connectivity index (χ1v) is 32.6. The van der Waals surface area contributed by atoms with Crippen LogP contribution in [0.2, 0.25) is 0 Å². The van der Waals surface area contributed by atoms with Crippen LogP contribution in [0.15, 0.2) is 134 Å². The van der Waals surface area contributed by atoms with E-state index in [2.05, 4.69) is 130 Å². The van der Waals surface area contributed by atoms with Gasteiger partial charge in [-0.25, -0.2) is 4.57 Å². The number of hydrogen-bond acceptors (Lipinski definition) is 10. The second-order valence-electron chi connectivity index (χ2n) is 20.1. The van der Waals surface area contributed by atoms with Crippen LogP contribution >= 0.6 is 7.82 Å². The number of allylic oxidation sites excluding steroid dienone is 22. The number of unbranched alkanes of at least 4 members (excludes halogenated alkanes) is 17. The summed E-state index contributed by atoms with van der Waals surface area (Å²) in [5.41, 5.74) is 0. The molecule has 0 radical (unpaired) electrons. The fourth-order valence-electron chi connectivity index (χ4n) is 7.95. The van der Waals surface area contributed by atoms with Crippen molar-refractivity contribution in [2.45, 2.75) is 251 Å². The molecule has 0 aromatic carbocycles. The highest BCUT2D eigenvalue weighted by Crippen LogP contribution is 2.43. The average Bonchev–Trinajstić information content (AvgIpc) is 3.45. The molecule has 3 unspecified atom stereocenters. The largest absolute Gasteiger partial charge is 0.472 e. The van der Waals surface area contributed by atoms with E-state index in [0.29, 0.717) is 32.1 Å². The summed E-state index contributed by atoms with van der Waals surface area (Å²) in [6, 6.07) is 0. The maximum atomic E-state index is 12.9. The molecule has 3 atom stereocenters. The summed E-state index contributed by atoms with van der Waals surface area (Å²) in [7, 11) is -4.80. The zero-order valence-corrected chi connectivity index (χ0v) is 51.1. The van der Waals surface area contributed by atoms with Crippen LogP contribution in [0.1, 0.15) is 239 Å². The van der Waals surface area contributed by atoms with Gasteiger partial charge in [-0.15, -0.1) is 0 Å². The fraction of sp³-hybridized carbons (Fsp3) is 0.632. The zero-order valence-electron chi connectivity index (χ0n) is 50.2. The van der Waals surface area contributed by atoms with Crippen molar-refractivity contribution in [1.82, 2.24) is 0 Å². The topological polar surface area (TPSA) is 155 Å². The Balaban J connectivity index is 4.88. The number of aliphatic hydroxyl groups is 1. The molecule has 80 heavy (non-hydrogen) atoms. The van der Waals surface area contributed by atoms with E-state index in [1.807, 2.05) is 24.3 Å². The van der Waals surface area contributed by atoms with Gasteiger partial charge in [0.15, 0.2) is 6.10 Å². The molecule has 0 spiro atoms. The monoisotopic (exact) mass is 1130 g/mol. The third kappa shape index (κ3) is 58.3. The van der Waals surface area contributed by atoms with E-state index < -0.39 is 57.8 Å². The van der Waals surface area contributed by atoms with E-state index in [-0.39, 0.29) is 25.9 Å². The molecule has 0 fully saturated rings. The van der Waals surface area contributed by atoms with Gasteiger partial charge in [0.1, 0.15) is 12.7 Å². The van der Waals surface area contributed by atoms with Gasteiger partial charge in [-0.3, -0.25) is 23.4 Å². The Kier molecular flexibility index (Phi) is 57.4. The molecule has 0 saturated carbocycles. The second-order valence-corrected chi connectivity index (χ2v) is 21.6. The molecule has 0 aliphatic rings. The number of rotatable bonds is 56. The number of aliphatic hydroxyl groups excluding tert-OH is 1. The highest BCUT2D eigenvalue weighted by molar-refractivity contribution is 7.47. The first-order valence-electron chi connectivity index (χ1n) is 31.1. The van der Waals surface area contributed by atoms with Gasteiger partial charge in [-0.1, -0.05) is 257 Å². The Labute approximate surface area is 487 Å². The van der Waals surface area contributed by atoms with Gasteiger partial charge in [0.2, 0.25) is 0 Å². The van der Waals surface area contributed by atoms with Crippen LogP contribution in [-0.2, 0) is 42.2 Å². The molecule has 0 aromatic rings. The van der Waals surface area contributed by atoms with Crippen molar-refractivity contribution < 1.29 is 52.2 Å². The molecule has 12 heteroatoms. The average molecular weight is 1140 g/mol. The van der Waals surface area contributed by atoms with Crippen LogP contribution in [0.3, 0.4) is 0 Å². The van der Waals surface area contributed by atoms with E-state index in [4.69, 9.17) is 23.3 Å². The van der Waals surface area contributed by atoms with Crippen molar-refractivity contribution in [2.75, 3.05) is 26.4 Å². The summed E-state index contributed by atoms with van der Waals surface area (Å²) in [5.74, 6) is -1.63. The molecule has 0 aromatic heterocycles. The highest BCUT2D eigenvalue weighted by Gasteiger charge is 2.28. The number of ether oxygens (including phenoxy) is 3. The molecular formula is C68H111O11P. The summed E-state index contributed by atoms with van der Waals surface area (Å²) >= 11 is 0. The highest BCUT2D eigenvalue weighted by atomic mass is 31.2. The molecule has 0 saturated heterocycles. The van der Waals surface area contributed by atoms with Gasteiger partial charge in [0.05, 0.1) is 19.8 Å². The maximum Gasteiger partial charge on any atom is 0.472 e. The van der Waals surface area contributed by atoms with Crippen molar-refractivity contribution in [3.8, 4) is 0 Å². The van der Waals surface area contributed by atoms with E-state index in [9.17, 15) is 28.9 Å². The van der Waals surface area contributed by atoms with Crippen LogP contribution in [0.4, 0.5) is 0 Å². The molecule has 454 valence electrons. The molecule has 0 aliphatic heterocycles. The predicted molar refractivity (Wildman–Crippen MR) is 334 cm³/mol. The van der Waals surface area contributed by atoms with E-state index in [1.165, 1.54) is 83.5 Å². The number of esters is 3. The third-order valence-corrected chi connectivity index (χ3v) is 13.5. The molecule has 0 rings (SSSR count). The maximum absolute atomic E-state index is 12.9. The third-order valence-electron chi connectivity index (χ3n) is 12.6. The van der Waals surface area contributed by atoms with Crippen LogP contribution in [0.5, 0.6) is 0 Å².